The first-order chi connectivity index (χ1) is 13.2. The van der Waals surface area contributed by atoms with Gasteiger partial charge in [0.05, 0.1) is 0 Å². The molecule has 0 unspecified atom stereocenters. The highest BCUT2D eigenvalue weighted by molar-refractivity contribution is 6.39. The van der Waals surface area contributed by atoms with E-state index in [0.717, 1.165) is 44.5 Å². The third kappa shape index (κ3) is 5.41. The van der Waals surface area contributed by atoms with E-state index >= 15 is 0 Å². The van der Waals surface area contributed by atoms with Gasteiger partial charge in [0.15, 0.2) is 0 Å². The Hall–Kier alpha value is -2.66. The lowest BCUT2D eigenvalue weighted by atomic mass is 10.0. The van der Waals surface area contributed by atoms with E-state index in [4.69, 9.17) is 0 Å². The summed E-state index contributed by atoms with van der Waals surface area (Å²) in [6.07, 6.45) is 2.52. The zero-order valence-corrected chi connectivity index (χ0v) is 15.8. The summed E-state index contributed by atoms with van der Waals surface area (Å²) in [6, 6.07) is 18.0. The highest BCUT2D eigenvalue weighted by Gasteiger charge is 2.23. The van der Waals surface area contributed by atoms with Crippen LogP contribution in [0.2, 0.25) is 0 Å². The van der Waals surface area contributed by atoms with Crippen LogP contribution in [0.15, 0.2) is 54.6 Å². The van der Waals surface area contributed by atoms with Crippen molar-refractivity contribution in [1.82, 2.24) is 10.2 Å². The number of rotatable bonds is 5. The fraction of sp³-hybridized carbons (Fsp3) is 0.364. The van der Waals surface area contributed by atoms with Crippen LogP contribution in [0.4, 0.5) is 5.69 Å². The number of piperidine rings is 1. The zero-order valence-electron chi connectivity index (χ0n) is 15.8. The number of amides is 2. The summed E-state index contributed by atoms with van der Waals surface area (Å²) in [5.74, 6) is -1.15. The largest absolute Gasteiger partial charge is 0.345 e. The lowest BCUT2D eigenvalue weighted by Gasteiger charge is -2.32. The van der Waals surface area contributed by atoms with E-state index in [9.17, 15) is 9.59 Å². The minimum atomic E-state index is -0.595. The molecule has 1 saturated heterocycles. The van der Waals surface area contributed by atoms with Gasteiger partial charge in [-0.3, -0.25) is 14.5 Å². The van der Waals surface area contributed by atoms with Crippen LogP contribution < -0.4 is 10.6 Å². The molecule has 1 fully saturated rings. The molecule has 3 rings (SSSR count). The van der Waals surface area contributed by atoms with Gasteiger partial charge in [-0.2, -0.15) is 0 Å². The van der Waals surface area contributed by atoms with Crippen LogP contribution in [-0.2, 0) is 22.6 Å². The summed E-state index contributed by atoms with van der Waals surface area (Å²) < 4.78 is 0. The van der Waals surface area contributed by atoms with Gasteiger partial charge >= 0.3 is 11.8 Å². The number of hydrogen-bond donors (Lipinski definition) is 2. The number of para-hydroxylation sites is 1. The highest BCUT2D eigenvalue weighted by Crippen LogP contribution is 2.16. The molecule has 27 heavy (non-hydrogen) atoms. The smallest absolute Gasteiger partial charge is 0.313 e. The lowest BCUT2D eigenvalue weighted by molar-refractivity contribution is -0.136. The van der Waals surface area contributed by atoms with Gasteiger partial charge in [-0.1, -0.05) is 55.5 Å². The molecular weight excluding hydrogens is 338 g/mol. The molecule has 2 N–H and O–H groups in total. The van der Waals surface area contributed by atoms with Crippen LogP contribution >= 0.6 is 0 Å². The molecule has 0 aliphatic carbocycles. The van der Waals surface area contributed by atoms with Crippen molar-refractivity contribution in [2.45, 2.75) is 38.8 Å². The first-order valence-corrected chi connectivity index (χ1v) is 9.61. The summed E-state index contributed by atoms with van der Waals surface area (Å²) in [4.78, 5) is 26.9. The summed E-state index contributed by atoms with van der Waals surface area (Å²) >= 11 is 0. The fourth-order valence-corrected chi connectivity index (χ4v) is 3.46. The van der Waals surface area contributed by atoms with Crippen molar-refractivity contribution in [3.8, 4) is 0 Å². The Labute approximate surface area is 160 Å². The standard InChI is InChI=1S/C22H27N3O2/c1-2-18-10-6-7-11-20(18)24-22(27)21(26)23-19-12-14-25(15-13-19)16-17-8-4-3-5-9-17/h3-11,19H,2,12-16H2,1H3,(H,23,26)(H,24,27). The topological polar surface area (TPSA) is 61.4 Å². The maximum Gasteiger partial charge on any atom is 0.313 e. The maximum atomic E-state index is 12.3. The van der Waals surface area contributed by atoms with E-state index < -0.39 is 11.8 Å². The zero-order chi connectivity index (χ0) is 19.1. The van der Waals surface area contributed by atoms with Crippen molar-refractivity contribution in [1.29, 1.82) is 0 Å². The average molecular weight is 365 g/mol. The van der Waals surface area contributed by atoms with E-state index in [2.05, 4.69) is 39.8 Å². The van der Waals surface area contributed by atoms with Crippen molar-refractivity contribution in [3.63, 3.8) is 0 Å². The maximum absolute atomic E-state index is 12.3. The predicted octanol–water partition coefficient (Wildman–Crippen LogP) is 2.97. The van der Waals surface area contributed by atoms with Crippen LogP contribution in [0.3, 0.4) is 0 Å². The van der Waals surface area contributed by atoms with Crippen molar-refractivity contribution in [2.75, 3.05) is 18.4 Å². The fourth-order valence-electron chi connectivity index (χ4n) is 3.46. The Bertz CT molecular complexity index is 768. The molecule has 0 spiro atoms. The summed E-state index contributed by atoms with van der Waals surface area (Å²) in [5, 5.41) is 5.61. The molecule has 2 aromatic rings. The molecule has 5 heteroatoms. The second-order valence-electron chi connectivity index (χ2n) is 6.97. The number of likely N-dealkylation sites (tertiary alicyclic amines) is 1. The molecule has 1 heterocycles. The molecular formula is C22H27N3O2. The molecule has 0 atom stereocenters. The molecule has 1 aliphatic heterocycles. The first-order valence-electron chi connectivity index (χ1n) is 9.61. The van der Waals surface area contributed by atoms with Gasteiger partial charge < -0.3 is 10.6 Å². The Morgan fingerprint density at radius 1 is 0.963 bits per heavy atom. The van der Waals surface area contributed by atoms with E-state index in [1.807, 2.05) is 37.3 Å². The molecule has 0 aromatic heterocycles. The highest BCUT2D eigenvalue weighted by atomic mass is 16.2. The number of carbonyl (C=O) groups excluding carboxylic acids is 2. The number of aryl methyl sites for hydroxylation is 1. The van der Waals surface area contributed by atoms with Gasteiger partial charge in [0.25, 0.3) is 0 Å². The van der Waals surface area contributed by atoms with Gasteiger partial charge in [0.1, 0.15) is 0 Å². The number of benzene rings is 2. The van der Waals surface area contributed by atoms with E-state index in [1.54, 1.807) is 0 Å². The van der Waals surface area contributed by atoms with Gasteiger partial charge in [-0.15, -0.1) is 0 Å². The Balaban J connectivity index is 1.45. The molecule has 2 amide bonds. The molecule has 0 radical (unpaired) electrons. The first kappa shape index (κ1) is 19.1. The van der Waals surface area contributed by atoms with E-state index in [1.165, 1.54) is 5.56 Å². The summed E-state index contributed by atoms with van der Waals surface area (Å²) in [7, 11) is 0. The quantitative estimate of drug-likeness (QED) is 0.801. The number of nitrogens with zero attached hydrogens (tertiary/aromatic N) is 1. The second kappa shape index (κ2) is 9.33. The Morgan fingerprint density at radius 3 is 2.33 bits per heavy atom. The minimum absolute atomic E-state index is 0.0525. The second-order valence-corrected chi connectivity index (χ2v) is 6.97. The molecule has 142 valence electrons. The normalized spacial score (nSPS) is 15.3. The average Bonchev–Trinajstić information content (AvgIpc) is 2.70. The van der Waals surface area contributed by atoms with Gasteiger partial charge in [-0.25, -0.2) is 0 Å². The molecule has 2 aromatic carbocycles. The van der Waals surface area contributed by atoms with Crippen molar-refractivity contribution in [2.24, 2.45) is 0 Å². The van der Waals surface area contributed by atoms with Crippen LogP contribution in [0, 0.1) is 0 Å². The summed E-state index contributed by atoms with van der Waals surface area (Å²) in [6.45, 7) is 4.78. The third-order valence-corrected chi connectivity index (χ3v) is 5.02. The van der Waals surface area contributed by atoms with Gasteiger partial charge in [0.2, 0.25) is 0 Å². The molecule has 1 aliphatic rings. The van der Waals surface area contributed by atoms with E-state index in [0.29, 0.717) is 5.69 Å². The Kier molecular flexibility index (Phi) is 6.60. The predicted molar refractivity (Wildman–Crippen MR) is 107 cm³/mol. The van der Waals surface area contributed by atoms with Crippen LogP contribution in [0.1, 0.15) is 30.9 Å². The van der Waals surface area contributed by atoms with Crippen molar-refractivity contribution in [3.05, 3.63) is 65.7 Å². The lowest BCUT2D eigenvalue weighted by Crippen LogP contribution is -2.47. The van der Waals surface area contributed by atoms with Crippen molar-refractivity contribution < 1.29 is 9.59 Å². The number of hydrogen-bond acceptors (Lipinski definition) is 3. The van der Waals surface area contributed by atoms with Crippen LogP contribution in [0.5, 0.6) is 0 Å². The third-order valence-electron chi connectivity index (χ3n) is 5.02. The number of carbonyl (C=O) groups is 2. The minimum Gasteiger partial charge on any atom is -0.345 e. The van der Waals surface area contributed by atoms with Crippen LogP contribution in [0.25, 0.3) is 0 Å². The number of nitrogens with one attached hydrogen (secondary N) is 2. The molecule has 0 bridgehead atoms. The van der Waals surface area contributed by atoms with E-state index in [-0.39, 0.29) is 6.04 Å². The molecule has 0 saturated carbocycles. The summed E-state index contributed by atoms with van der Waals surface area (Å²) in [5.41, 5.74) is 3.03. The SMILES string of the molecule is CCc1ccccc1NC(=O)C(=O)NC1CCN(Cc2ccccc2)CC1. The monoisotopic (exact) mass is 365 g/mol. The van der Waals surface area contributed by atoms with Crippen LogP contribution in [-0.4, -0.2) is 35.8 Å². The van der Waals surface area contributed by atoms with Gasteiger partial charge in [0, 0.05) is 31.4 Å². The number of anilines is 1. The van der Waals surface area contributed by atoms with Crippen molar-refractivity contribution >= 4 is 17.5 Å². The Morgan fingerprint density at radius 2 is 1.63 bits per heavy atom. The van der Waals surface area contributed by atoms with Gasteiger partial charge in [-0.05, 0) is 36.5 Å². The molecule has 5 nitrogen and oxygen atoms in total.